The van der Waals surface area contributed by atoms with Gasteiger partial charge in [-0.05, 0) is 26.3 Å². The first-order valence-corrected chi connectivity index (χ1v) is 5.13. The third-order valence-electron chi connectivity index (χ3n) is 2.09. The van der Waals surface area contributed by atoms with Gasteiger partial charge in [-0.2, -0.15) is 0 Å². The molecular weight excluding hydrogens is 188 g/mol. The first kappa shape index (κ1) is 11.6. The van der Waals surface area contributed by atoms with Gasteiger partial charge in [-0.1, -0.05) is 12.2 Å². The highest BCUT2D eigenvalue weighted by atomic mass is 16.5. The van der Waals surface area contributed by atoms with Crippen LogP contribution < -0.4 is 10.1 Å². The van der Waals surface area contributed by atoms with Crippen molar-refractivity contribution >= 4 is 5.69 Å². The van der Waals surface area contributed by atoms with Crippen LogP contribution in [0.5, 0.6) is 5.75 Å². The smallest absolute Gasteiger partial charge is 0.160 e. The maximum absolute atomic E-state index is 5.21. The fourth-order valence-electron chi connectivity index (χ4n) is 1.30. The van der Waals surface area contributed by atoms with Crippen molar-refractivity contribution in [3.63, 3.8) is 0 Å². The second-order valence-corrected chi connectivity index (χ2v) is 3.31. The molecule has 0 aliphatic carbocycles. The van der Waals surface area contributed by atoms with Gasteiger partial charge >= 0.3 is 0 Å². The van der Waals surface area contributed by atoms with Crippen molar-refractivity contribution in [1.29, 1.82) is 0 Å². The minimum absolute atomic E-state index is 0.793. The van der Waals surface area contributed by atoms with Gasteiger partial charge in [-0.15, -0.1) is 0 Å². The number of nitrogens with zero attached hydrogens (tertiary/aromatic N) is 1. The lowest BCUT2D eigenvalue weighted by atomic mass is 10.3. The number of allylic oxidation sites excluding steroid dienone is 1. The van der Waals surface area contributed by atoms with Crippen LogP contribution in [-0.2, 0) is 0 Å². The van der Waals surface area contributed by atoms with Gasteiger partial charge in [0.05, 0.1) is 19.0 Å². The number of methoxy groups -OCH3 is 1. The van der Waals surface area contributed by atoms with Crippen LogP contribution in [0.4, 0.5) is 5.69 Å². The molecule has 0 amide bonds. The zero-order valence-corrected chi connectivity index (χ0v) is 9.58. The Bertz CT molecular complexity index is 334. The molecule has 0 atom stereocenters. The molecule has 0 aliphatic heterocycles. The molecule has 0 spiro atoms. The van der Waals surface area contributed by atoms with Gasteiger partial charge < -0.3 is 10.1 Å². The minimum atomic E-state index is 0.793. The molecule has 0 saturated heterocycles. The molecule has 3 heteroatoms. The van der Waals surface area contributed by atoms with Crippen LogP contribution in [0.15, 0.2) is 24.4 Å². The molecule has 1 rings (SSSR count). The number of aryl methyl sites for hydroxylation is 1. The normalized spacial score (nSPS) is 10.6. The zero-order chi connectivity index (χ0) is 11.1. The van der Waals surface area contributed by atoms with Crippen molar-refractivity contribution in [2.24, 2.45) is 0 Å². The second kappa shape index (κ2) is 6.06. The summed E-state index contributed by atoms with van der Waals surface area (Å²) in [5.41, 5.74) is 2.00. The average Bonchev–Trinajstić information content (AvgIpc) is 2.25. The van der Waals surface area contributed by atoms with Crippen LogP contribution in [-0.4, -0.2) is 18.6 Å². The van der Waals surface area contributed by atoms with Gasteiger partial charge in [0.2, 0.25) is 0 Å². The van der Waals surface area contributed by atoms with Gasteiger partial charge in [0, 0.05) is 12.2 Å². The molecule has 3 nitrogen and oxygen atoms in total. The van der Waals surface area contributed by atoms with Crippen molar-refractivity contribution in [3.05, 3.63) is 30.1 Å². The van der Waals surface area contributed by atoms with Crippen LogP contribution >= 0.6 is 0 Å². The van der Waals surface area contributed by atoms with Gasteiger partial charge in [-0.25, -0.2) is 0 Å². The molecule has 15 heavy (non-hydrogen) atoms. The van der Waals surface area contributed by atoms with Gasteiger partial charge in [-0.3, -0.25) is 4.98 Å². The van der Waals surface area contributed by atoms with E-state index in [1.54, 1.807) is 13.3 Å². The first-order chi connectivity index (χ1) is 7.27. The molecule has 0 aliphatic rings. The maximum atomic E-state index is 5.21. The summed E-state index contributed by atoms with van der Waals surface area (Å²) in [5.74, 6) is 0.793. The number of pyridine rings is 1. The van der Waals surface area contributed by atoms with Gasteiger partial charge in [0.25, 0.3) is 0 Å². The maximum Gasteiger partial charge on any atom is 0.160 e. The number of hydrogen-bond donors (Lipinski definition) is 1. The number of anilines is 1. The van der Waals surface area contributed by atoms with Crippen molar-refractivity contribution in [2.75, 3.05) is 19.0 Å². The summed E-state index contributed by atoms with van der Waals surface area (Å²) >= 11 is 0. The number of ether oxygens (including phenoxy) is 1. The quantitative estimate of drug-likeness (QED) is 0.594. The molecule has 1 aromatic heterocycles. The highest BCUT2D eigenvalue weighted by molar-refractivity contribution is 5.55. The Balaban J connectivity index is 2.61. The molecular formula is C12H18N2O. The van der Waals surface area contributed by atoms with E-state index in [9.17, 15) is 0 Å². The number of nitrogens with one attached hydrogen (secondary N) is 1. The monoisotopic (exact) mass is 206 g/mol. The number of rotatable bonds is 5. The number of hydrogen-bond acceptors (Lipinski definition) is 3. The van der Waals surface area contributed by atoms with E-state index in [4.69, 9.17) is 4.74 Å². The lowest BCUT2D eigenvalue weighted by molar-refractivity contribution is 0.414. The molecule has 0 fully saturated rings. The van der Waals surface area contributed by atoms with E-state index < -0.39 is 0 Å². The van der Waals surface area contributed by atoms with Crippen LogP contribution in [0.1, 0.15) is 19.0 Å². The van der Waals surface area contributed by atoms with Crippen molar-refractivity contribution in [3.8, 4) is 5.75 Å². The molecule has 0 radical (unpaired) electrons. The minimum Gasteiger partial charge on any atom is -0.493 e. The predicted molar refractivity (Wildman–Crippen MR) is 63.4 cm³/mol. The summed E-state index contributed by atoms with van der Waals surface area (Å²) in [7, 11) is 1.66. The van der Waals surface area contributed by atoms with Crippen molar-refractivity contribution in [1.82, 2.24) is 4.98 Å². The van der Waals surface area contributed by atoms with Crippen LogP contribution in [0.25, 0.3) is 0 Å². The second-order valence-electron chi connectivity index (χ2n) is 3.31. The highest BCUT2D eigenvalue weighted by Gasteiger charge is 2.02. The molecule has 1 aromatic rings. The molecule has 1 heterocycles. The summed E-state index contributed by atoms with van der Waals surface area (Å²) in [6.45, 7) is 4.90. The zero-order valence-electron chi connectivity index (χ0n) is 9.58. The van der Waals surface area contributed by atoms with Gasteiger partial charge in [0.1, 0.15) is 0 Å². The lowest BCUT2D eigenvalue weighted by Gasteiger charge is -2.10. The van der Waals surface area contributed by atoms with E-state index in [1.807, 2.05) is 19.9 Å². The average molecular weight is 206 g/mol. The highest BCUT2D eigenvalue weighted by Crippen LogP contribution is 2.23. The Kier molecular flexibility index (Phi) is 4.68. The van der Waals surface area contributed by atoms with Crippen molar-refractivity contribution < 1.29 is 4.74 Å². The fourth-order valence-corrected chi connectivity index (χ4v) is 1.30. The summed E-state index contributed by atoms with van der Waals surface area (Å²) < 4.78 is 5.21. The van der Waals surface area contributed by atoms with E-state index in [2.05, 4.69) is 22.5 Å². The summed E-state index contributed by atoms with van der Waals surface area (Å²) in [4.78, 5) is 4.18. The Morgan fingerprint density at radius 2 is 2.33 bits per heavy atom. The van der Waals surface area contributed by atoms with Crippen LogP contribution in [0.3, 0.4) is 0 Å². The Morgan fingerprint density at radius 1 is 1.53 bits per heavy atom. The molecule has 0 aromatic carbocycles. The SMILES string of the molecule is C/C=C/CCNc1cc(C)ncc1OC. The topological polar surface area (TPSA) is 34.2 Å². The van der Waals surface area contributed by atoms with E-state index in [0.29, 0.717) is 0 Å². The molecule has 1 N–H and O–H groups in total. The van der Waals surface area contributed by atoms with E-state index in [-0.39, 0.29) is 0 Å². The third-order valence-corrected chi connectivity index (χ3v) is 2.09. The molecule has 0 unspecified atom stereocenters. The summed E-state index contributed by atoms with van der Waals surface area (Å²) in [6, 6.07) is 1.99. The standard InChI is InChI=1S/C12H18N2O/c1-4-5-6-7-13-11-8-10(2)14-9-12(11)15-3/h4-5,8-9H,6-7H2,1-3H3,(H,13,14)/b5-4+. The fraction of sp³-hybridized carbons (Fsp3) is 0.417. The largest absolute Gasteiger partial charge is 0.493 e. The lowest BCUT2D eigenvalue weighted by Crippen LogP contribution is -2.03. The Labute approximate surface area is 91.2 Å². The van der Waals surface area contributed by atoms with Crippen LogP contribution in [0, 0.1) is 6.92 Å². The van der Waals surface area contributed by atoms with Crippen LogP contribution in [0.2, 0.25) is 0 Å². The van der Waals surface area contributed by atoms with E-state index >= 15 is 0 Å². The summed E-state index contributed by atoms with van der Waals surface area (Å²) in [5, 5.41) is 3.32. The van der Waals surface area contributed by atoms with E-state index in [0.717, 1.165) is 30.1 Å². The molecule has 0 bridgehead atoms. The first-order valence-electron chi connectivity index (χ1n) is 5.13. The van der Waals surface area contributed by atoms with Crippen molar-refractivity contribution in [2.45, 2.75) is 20.3 Å². The van der Waals surface area contributed by atoms with Gasteiger partial charge in [0.15, 0.2) is 5.75 Å². The predicted octanol–water partition coefficient (Wildman–Crippen LogP) is 2.78. The summed E-state index contributed by atoms with van der Waals surface area (Å²) in [6.07, 6.45) is 6.94. The Morgan fingerprint density at radius 3 is 3.00 bits per heavy atom. The molecule has 0 saturated carbocycles. The van der Waals surface area contributed by atoms with E-state index in [1.165, 1.54) is 0 Å². The Hall–Kier alpha value is -1.51. The molecule has 82 valence electrons. The third kappa shape index (κ3) is 3.62. The number of aromatic nitrogens is 1.